The third-order valence-electron chi connectivity index (χ3n) is 0.363. The summed E-state index contributed by atoms with van der Waals surface area (Å²) in [5.41, 5.74) is 0. The Morgan fingerprint density at radius 1 is 1.50 bits per heavy atom. The van der Waals surface area contributed by atoms with E-state index < -0.39 is 6.18 Å². The van der Waals surface area contributed by atoms with Crippen molar-refractivity contribution in [1.82, 2.24) is 0 Å². The summed E-state index contributed by atoms with van der Waals surface area (Å²) in [4.78, 5) is 0. The molecule has 0 N–H and O–H groups in total. The molecule has 0 saturated carbocycles. The molecular weight excluding hydrogens is 185 g/mol. The minimum atomic E-state index is -4.19. The minimum Gasteiger partial charge on any atom is -0.167 e. The SMILES string of the molecule is CC(Br)=CC(F)(F)F. The van der Waals surface area contributed by atoms with Crippen molar-refractivity contribution in [2.75, 3.05) is 0 Å². The summed E-state index contributed by atoms with van der Waals surface area (Å²) in [6, 6.07) is 0. The van der Waals surface area contributed by atoms with Gasteiger partial charge in [0.15, 0.2) is 0 Å². The molecular formula is C4H4BrF3. The molecule has 0 aliphatic heterocycles. The Morgan fingerprint density at radius 3 is 1.88 bits per heavy atom. The Bertz CT molecular complexity index is 98.3. The molecule has 0 bridgehead atoms. The number of alkyl halides is 3. The predicted molar refractivity (Wildman–Crippen MR) is 28.7 cm³/mol. The molecule has 0 heterocycles. The Hall–Kier alpha value is 0.01000. The van der Waals surface area contributed by atoms with Gasteiger partial charge in [0.1, 0.15) is 0 Å². The molecule has 0 unspecified atom stereocenters. The van der Waals surface area contributed by atoms with Crippen molar-refractivity contribution in [1.29, 1.82) is 0 Å². The van der Waals surface area contributed by atoms with Crippen LogP contribution in [0.1, 0.15) is 6.92 Å². The van der Waals surface area contributed by atoms with Crippen LogP contribution in [0.25, 0.3) is 0 Å². The van der Waals surface area contributed by atoms with Crippen molar-refractivity contribution in [3.63, 3.8) is 0 Å². The van der Waals surface area contributed by atoms with Crippen LogP contribution in [0.15, 0.2) is 10.6 Å². The molecule has 0 aromatic carbocycles. The maximum atomic E-state index is 11.2. The highest BCUT2D eigenvalue weighted by atomic mass is 79.9. The molecule has 0 aliphatic rings. The first-order chi connectivity index (χ1) is 3.42. The molecule has 0 amide bonds. The fourth-order valence-corrected chi connectivity index (χ4v) is 0.485. The number of halogens is 4. The smallest absolute Gasteiger partial charge is 0.167 e. The molecule has 0 radical (unpaired) electrons. The zero-order valence-electron chi connectivity index (χ0n) is 4.09. The van der Waals surface area contributed by atoms with E-state index in [2.05, 4.69) is 15.9 Å². The number of hydrogen-bond acceptors (Lipinski definition) is 0. The van der Waals surface area contributed by atoms with Gasteiger partial charge in [-0.3, -0.25) is 0 Å². The lowest BCUT2D eigenvalue weighted by molar-refractivity contribution is -0.0800. The highest BCUT2D eigenvalue weighted by molar-refractivity contribution is 9.11. The second-order valence-corrected chi connectivity index (χ2v) is 2.52. The van der Waals surface area contributed by atoms with Crippen LogP contribution in [-0.4, -0.2) is 6.18 Å². The molecule has 0 aliphatic carbocycles. The van der Waals surface area contributed by atoms with Gasteiger partial charge < -0.3 is 0 Å². The lowest BCUT2D eigenvalue weighted by Crippen LogP contribution is -2.00. The van der Waals surface area contributed by atoms with Crippen LogP contribution in [0.3, 0.4) is 0 Å². The van der Waals surface area contributed by atoms with Crippen molar-refractivity contribution in [2.24, 2.45) is 0 Å². The summed E-state index contributed by atoms with van der Waals surface area (Å²) < 4.78 is 33.7. The summed E-state index contributed by atoms with van der Waals surface area (Å²) in [6.07, 6.45) is -4.00. The molecule has 0 rings (SSSR count). The average molecular weight is 189 g/mol. The van der Waals surface area contributed by atoms with Crippen molar-refractivity contribution >= 4 is 15.9 Å². The molecule has 0 aromatic rings. The van der Waals surface area contributed by atoms with Crippen molar-refractivity contribution in [3.8, 4) is 0 Å². The third kappa shape index (κ3) is 6.01. The molecule has 0 spiro atoms. The third-order valence-corrected chi connectivity index (χ3v) is 0.591. The second kappa shape index (κ2) is 2.53. The number of hydrogen-bond donors (Lipinski definition) is 0. The summed E-state index contributed by atoms with van der Waals surface area (Å²) in [7, 11) is 0. The van der Waals surface area contributed by atoms with Gasteiger partial charge in [0.25, 0.3) is 0 Å². The molecule has 0 atom stereocenters. The topological polar surface area (TPSA) is 0 Å². The van der Waals surface area contributed by atoms with E-state index in [1.807, 2.05) is 0 Å². The first-order valence-electron chi connectivity index (χ1n) is 1.83. The Balaban J connectivity index is 3.89. The van der Waals surface area contributed by atoms with Gasteiger partial charge in [-0.2, -0.15) is 13.2 Å². The van der Waals surface area contributed by atoms with Gasteiger partial charge in [-0.15, -0.1) is 0 Å². The molecule has 0 aromatic heterocycles. The van der Waals surface area contributed by atoms with Crippen molar-refractivity contribution in [2.45, 2.75) is 13.1 Å². The van der Waals surface area contributed by atoms with E-state index in [0.717, 1.165) is 0 Å². The van der Waals surface area contributed by atoms with Crippen molar-refractivity contribution in [3.05, 3.63) is 10.6 Å². The van der Waals surface area contributed by atoms with Gasteiger partial charge in [0.05, 0.1) is 0 Å². The summed E-state index contributed by atoms with van der Waals surface area (Å²) in [6.45, 7) is 1.33. The van der Waals surface area contributed by atoms with Crippen LogP contribution in [0.5, 0.6) is 0 Å². The Labute approximate surface area is 53.5 Å². The highest BCUT2D eigenvalue weighted by Gasteiger charge is 2.22. The summed E-state index contributed by atoms with van der Waals surface area (Å²) in [5, 5.41) is 0. The number of rotatable bonds is 0. The maximum Gasteiger partial charge on any atom is 0.410 e. The van der Waals surface area contributed by atoms with E-state index in [-0.39, 0.29) is 10.6 Å². The van der Waals surface area contributed by atoms with Gasteiger partial charge in [-0.25, -0.2) is 0 Å². The minimum absolute atomic E-state index is 0.0880. The van der Waals surface area contributed by atoms with Crippen LogP contribution in [-0.2, 0) is 0 Å². The zero-order valence-corrected chi connectivity index (χ0v) is 5.68. The van der Waals surface area contributed by atoms with E-state index in [9.17, 15) is 13.2 Å². The molecule has 8 heavy (non-hydrogen) atoms. The lowest BCUT2D eigenvalue weighted by Gasteiger charge is -1.96. The molecule has 0 fully saturated rings. The first-order valence-corrected chi connectivity index (χ1v) is 2.63. The van der Waals surface area contributed by atoms with Crippen LogP contribution in [0.4, 0.5) is 13.2 Å². The van der Waals surface area contributed by atoms with Gasteiger partial charge in [-0.1, -0.05) is 15.9 Å². The van der Waals surface area contributed by atoms with E-state index in [1.165, 1.54) is 6.92 Å². The van der Waals surface area contributed by atoms with E-state index in [4.69, 9.17) is 0 Å². The quantitative estimate of drug-likeness (QED) is 0.549. The van der Waals surface area contributed by atoms with Crippen LogP contribution >= 0.6 is 15.9 Å². The maximum absolute atomic E-state index is 11.2. The summed E-state index contributed by atoms with van der Waals surface area (Å²) in [5.74, 6) is 0. The second-order valence-electron chi connectivity index (χ2n) is 1.27. The monoisotopic (exact) mass is 188 g/mol. The molecule has 4 heteroatoms. The number of allylic oxidation sites excluding steroid dienone is 2. The van der Waals surface area contributed by atoms with Crippen LogP contribution < -0.4 is 0 Å². The standard InChI is InChI=1S/C4H4BrF3/c1-3(5)2-4(6,7)8/h2H,1H3. The normalized spacial score (nSPS) is 14.4. The Kier molecular flexibility index (Phi) is 2.53. The van der Waals surface area contributed by atoms with Gasteiger partial charge in [-0.05, 0) is 11.4 Å². The zero-order chi connectivity index (χ0) is 6.78. The summed E-state index contributed by atoms with van der Waals surface area (Å²) >= 11 is 2.65. The lowest BCUT2D eigenvalue weighted by atomic mass is 10.5. The highest BCUT2D eigenvalue weighted by Crippen LogP contribution is 2.20. The fraction of sp³-hybridized carbons (Fsp3) is 0.500. The average Bonchev–Trinajstić information content (AvgIpc) is 1.21. The first kappa shape index (κ1) is 8.01. The van der Waals surface area contributed by atoms with Crippen LogP contribution in [0, 0.1) is 0 Å². The van der Waals surface area contributed by atoms with E-state index >= 15 is 0 Å². The van der Waals surface area contributed by atoms with Crippen molar-refractivity contribution < 1.29 is 13.2 Å². The molecule has 0 saturated heterocycles. The van der Waals surface area contributed by atoms with Gasteiger partial charge in [0.2, 0.25) is 0 Å². The van der Waals surface area contributed by atoms with E-state index in [0.29, 0.717) is 0 Å². The molecule has 48 valence electrons. The fourth-order valence-electron chi connectivity index (χ4n) is 0.226. The van der Waals surface area contributed by atoms with Gasteiger partial charge in [0, 0.05) is 6.08 Å². The van der Waals surface area contributed by atoms with E-state index in [1.54, 1.807) is 0 Å². The Morgan fingerprint density at radius 2 is 1.88 bits per heavy atom. The predicted octanol–water partition coefficient (Wildman–Crippen LogP) is 2.85. The van der Waals surface area contributed by atoms with Gasteiger partial charge >= 0.3 is 6.18 Å². The largest absolute Gasteiger partial charge is 0.410 e. The molecule has 0 nitrogen and oxygen atoms in total. The van der Waals surface area contributed by atoms with Crippen LogP contribution in [0.2, 0.25) is 0 Å².